The predicted molar refractivity (Wildman–Crippen MR) is 154 cm³/mol. The zero-order chi connectivity index (χ0) is 29.2. The van der Waals surface area contributed by atoms with Gasteiger partial charge in [0.15, 0.2) is 5.69 Å². The number of amides is 1. The molecule has 1 aliphatic rings. The number of nitrogens with zero attached hydrogens (tertiary/aromatic N) is 2. The van der Waals surface area contributed by atoms with Gasteiger partial charge in [-0.3, -0.25) is 4.79 Å². The van der Waals surface area contributed by atoms with Crippen LogP contribution >= 0.6 is 35.6 Å². The fourth-order valence-corrected chi connectivity index (χ4v) is 6.05. The molecule has 3 aromatic rings. The lowest BCUT2D eigenvalue weighted by molar-refractivity contribution is -0.130. The minimum atomic E-state index is -4.63. The van der Waals surface area contributed by atoms with Crippen LogP contribution in [0.15, 0.2) is 42.5 Å². The molecule has 8 nitrogen and oxygen atoms in total. The van der Waals surface area contributed by atoms with Crippen LogP contribution in [0.3, 0.4) is 0 Å². The molecule has 1 aromatic heterocycles. The highest BCUT2D eigenvalue weighted by molar-refractivity contribution is 7.87. The molecule has 3 N–H and O–H groups in total. The summed E-state index contributed by atoms with van der Waals surface area (Å²) < 4.78 is 67.7. The Hall–Kier alpha value is -2.51. The number of carbonyl (C=O) groups excluding carboxylic acids is 1. The van der Waals surface area contributed by atoms with Gasteiger partial charge in [0.2, 0.25) is 0 Å². The van der Waals surface area contributed by atoms with Gasteiger partial charge in [0, 0.05) is 28.2 Å². The molecule has 224 valence electrons. The van der Waals surface area contributed by atoms with Crippen LogP contribution in [0.2, 0.25) is 10.0 Å². The average molecular weight is 656 g/mol. The first kappa shape index (κ1) is 33.0. The third-order valence-corrected chi connectivity index (χ3v) is 8.20. The average Bonchev–Trinajstić information content (AvgIpc) is 3.19. The van der Waals surface area contributed by atoms with E-state index in [1.54, 1.807) is 19.1 Å². The molecule has 2 aromatic carbocycles. The standard InChI is InChI=1S/C26H27Cl2F3N4O4S.ClH/c1-15-23(25(36)33-19-4-2-3-18(32)14-19)34-35(22-10-7-17(27)13-21(22)28)24(15)16-5-8-20(9-6-16)39-40(37,38)12-11-26(29,30)31;/h5-10,13,18-19H,2-4,11-12,14,32H2,1H3,(H,33,36);1H. The van der Waals surface area contributed by atoms with E-state index in [0.29, 0.717) is 34.0 Å². The second kappa shape index (κ2) is 13.2. The summed E-state index contributed by atoms with van der Waals surface area (Å²) in [5.41, 5.74) is 8.21. The number of benzene rings is 2. The van der Waals surface area contributed by atoms with E-state index in [0.717, 1.165) is 19.3 Å². The van der Waals surface area contributed by atoms with Gasteiger partial charge in [-0.15, -0.1) is 12.4 Å². The first-order valence-corrected chi connectivity index (χ1v) is 14.8. The quantitative estimate of drug-likeness (QED) is 0.278. The van der Waals surface area contributed by atoms with Gasteiger partial charge in [0.1, 0.15) is 5.75 Å². The Morgan fingerprint density at radius 3 is 2.46 bits per heavy atom. The van der Waals surface area contributed by atoms with Crippen molar-refractivity contribution in [2.45, 2.75) is 57.3 Å². The molecule has 1 amide bonds. The lowest BCUT2D eigenvalue weighted by atomic mass is 9.91. The molecule has 2 unspecified atom stereocenters. The van der Waals surface area contributed by atoms with Crippen LogP contribution in [-0.4, -0.2) is 48.1 Å². The predicted octanol–water partition coefficient (Wildman–Crippen LogP) is 6.24. The Morgan fingerprint density at radius 2 is 1.85 bits per heavy atom. The van der Waals surface area contributed by atoms with Crippen LogP contribution in [0.25, 0.3) is 16.9 Å². The second-order valence-electron chi connectivity index (χ2n) is 9.66. The normalized spacial score (nSPS) is 17.5. The molecular formula is C26H28Cl3F3N4O4S. The van der Waals surface area contributed by atoms with Gasteiger partial charge in [-0.25, -0.2) is 4.68 Å². The Labute approximate surface area is 251 Å². The SMILES string of the molecule is Cc1c(C(=O)NC2CCCC(N)C2)nn(-c2ccc(Cl)cc2Cl)c1-c1ccc(OS(=O)(=O)CCC(F)(F)F)cc1.Cl. The van der Waals surface area contributed by atoms with Crippen molar-refractivity contribution in [1.82, 2.24) is 15.1 Å². The highest BCUT2D eigenvalue weighted by atomic mass is 35.5. The number of aromatic nitrogens is 2. The van der Waals surface area contributed by atoms with Crippen molar-refractivity contribution in [1.29, 1.82) is 0 Å². The Morgan fingerprint density at radius 1 is 1.17 bits per heavy atom. The van der Waals surface area contributed by atoms with E-state index < -0.39 is 28.5 Å². The first-order chi connectivity index (χ1) is 18.7. The first-order valence-electron chi connectivity index (χ1n) is 12.4. The fourth-order valence-electron chi connectivity index (χ4n) is 4.59. The highest BCUT2D eigenvalue weighted by Crippen LogP contribution is 2.34. The number of nitrogens with one attached hydrogen (secondary N) is 1. The number of halogens is 6. The van der Waals surface area contributed by atoms with Crippen LogP contribution in [0.4, 0.5) is 13.2 Å². The molecule has 1 fully saturated rings. The van der Waals surface area contributed by atoms with Crippen LogP contribution in [0.5, 0.6) is 5.75 Å². The van der Waals surface area contributed by atoms with Crippen LogP contribution in [-0.2, 0) is 10.1 Å². The summed E-state index contributed by atoms with van der Waals surface area (Å²) in [4.78, 5) is 13.3. The maximum Gasteiger partial charge on any atom is 0.390 e. The van der Waals surface area contributed by atoms with Crippen molar-refractivity contribution < 1.29 is 30.6 Å². The van der Waals surface area contributed by atoms with Gasteiger partial charge in [-0.05, 0) is 75.1 Å². The molecule has 1 saturated carbocycles. The summed E-state index contributed by atoms with van der Waals surface area (Å²) in [6.45, 7) is 1.72. The molecule has 0 saturated heterocycles. The summed E-state index contributed by atoms with van der Waals surface area (Å²) in [5.74, 6) is -1.74. The third-order valence-electron chi connectivity index (χ3n) is 6.51. The number of rotatable bonds is 8. The molecule has 4 rings (SSSR count). The summed E-state index contributed by atoms with van der Waals surface area (Å²) in [6, 6.07) is 10.4. The summed E-state index contributed by atoms with van der Waals surface area (Å²) in [5, 5.41) is 8.27. The van der Waals surface area contributed by atoms with Gasteiger partial charge < -0.3 is 15.2 Å². The molecule has 1 heterocycles. The van der Waals surface area contributed by atoms with Crippen LogP contribution < -0.4 is 15.2 Å². The summed E-state index contributed by atoms with van der Waals surface area (Å²) in [6.07, 6.45) is -2.87. The van der Waals surface area contributed by atoms with Gasteiger partial charge in [0.05, 0.1) is 28.6 Å². The largest absolute Gasteiger partial charge is 0.390 e. The monoisotopic (exact) mass is 654 g/mol. The van der Waals surface area contributed by atoms with E-state index in [-0.39, 0.29) is 46.9 Å². The van der Waals surface area contributed by atoms with E-state index in [1.807, 2.05) is 0 Å². The lowest BCUT2D eigenvalue weighted by Crippen LogP contribution is -2.42. The zero-order valence-electron chi connectivity index (χ0n) is 21.7. The number of carbonyl (C=O) groups is 1. The van der Waals surface area contributed by atoms with E-state index >= 15 is 0 Å². The van der Waals surface area contributed by atoms with Crippen LogP contribution in [0, 0.1) is 6.92 Å². The van der Waals surface area contributed by atoms with Gasteiger partial charge >= 0.3 is 16.3 Å². The van der Waals surface area contributed by atoms with E-state index in [2.05, 4.69) is 10.4 Å². The molecular weight excluding hydrogens is 628 g/mol. The maximum atomic E-state index is 13.3. The number of hydrogen-bond acceptors (Lipinski definition) is 6. The van der Waals surface area contributed by atoms with Crippen molar-refractivity contribution in [2.75, 3.05) is 5.75 Å². The topological polar surface area (TPSA) is 116 Å². The zero-order valence-corrected chi connectivity index (χ0v) is 24.9. The molecule has 41 heavy (non-hydrogen) atoms. The van der Waals surface area contributed by atoms with Gasteiger partial charge in [0.25, 0.3) is 5.91 Å². The van der Waals surface area contributed by atoms with Crippen molar-refractivity contribution in [3.8, 4) is 22.7 Å². The molecule has 15 heteroatoms. The number of alkyl halides is 3. The van der Waals surface area contributed by atoms with Crippen molar-refractivity contribution >= 4 is 51.6 Å². The smallest absolute Gasteiger partial charge is 0.382 e. The van der Waals surface area contributed by atoms with E-state index in [4.69, 9.17) is 33.1 Å². The highest BCUT2D eigenvalue weighted by Gasteiger charge is 2.31. The van der Waals surface area contributed by atoms with Crippen molar-refractivity contribution in [2.24, 2.45) is 5.73 Å². The number of hydrogen-bond donors (Lipinski definition) is 2. The second-order valence-corrected chi connectivity index (χ2v) is 12.2. The minimum Gasteiger partial charge on any atom is -0.382 e. The Balaban J connectivity index is 0.00000462. The molecule has 1 aliphatic carbocycles. The van der Waals surface area contributed by atoms with Gasteiger partial charge in [-0.1, -0.05) is 23.2 Å². The molecule has 0 bridgehead atoms. The number of nitrogens with two attached hydrogens (primary N) is 1. The summed E-state index contributed by atoms with van der Waals surface area (Å²) >= 11 is 12.5. The molecule has 2 atom stereocenters. The molecule has 0 radical (unpaired) electrons. The third kappa shape index (κ3) is 8.51. The maximum absolute atomic E-state index is 13.3. The minimum absolute atomic E-state index is 0. The van der Waals surface area contributed by atoms with E-state index in [1.165, 1.54) is 35.0 Å². The Bertz CT molecular complexity index is 1500. The fraction of sp³-hybridized carbons (Fsp3) is 0.385. The van der Waals surface area contributed by atoms with Crippen molar-refractivity contribution in [3.63, 3.8) is 0 Å². The van der Waals surface area contributed by atoms with Gasteiger partial charge in [-0.2, -0.15) is 26.7 Å². The summed E-state index contributed by atoms with van der Waals surface area (Å²) in [7, 11) is -4.47. The van der Waals surface area contributed by atoms with Crippen LogP contribution in [0.1, 0.15) is 48.2 Å². The lowest BCUT2D eigenvalue weighted by Gasteiger charge is -2.27. The molecule has 0 spiro atoms. The van der Waals surface area contributed by atoms with Crippen molar-refractivity contribution in [3.05, 3.63) is 63.8 Å². The van der Waals surface area contributed by atoms with E-state index in [9.17, 15) is 26.4 Å². The molecule has 0 aliphatic heterocycles. The Kier molecular flexibility index (Phi) is 10.6.